The second-order valence-electron chi connectivity index (χ2n) is 3.15. The zero-order valence-corrected chi connectivity index (χ0v) is 7.89. The number of rotatable bonds is 6. The maximum atomic E-state index is 10.8. The maximum Gasteiger partial charge on any atom is 0.132 e. The largest absolute Gasteiger partial charge is 0.309 e. The van der Waals surface area contributed by atoms with Crippen molar-refractivity contribution in [2.24, 2.45) is 0 Å². The van der Waals surface area contributed by atoms with Crippen molar-refractivity contribution < 1.29 is 4.79 Å². The van der Waals surface area contributed by atoms with E-state index >= 15 is 0 Å². The fourth-order valence-electron chi connectivity index (χ4n) is 0.927. The van der Waals surface area contributed by atoms with Crippen molar-refractivity contribution in [2.75, 3.05) is 20.6 Å². The van der Waals surface area contributed by atoms with Crippen molar-refractivity contribution in [1.82, 2.24) is 4.90 Å². The minimum absolute atomic E-state index is 0.392. The molecule has 0 aromatic rings. The summed E-state index contributed by atoms with van der Waals surface area (Å²) in [5.74, 6) is 0.392. The van der Waals surface area contributed by atoms with E-state index in [1.807, 2.05) is 6.92 Å². The first kappa shape index (κ1) is 10.6. The number of carbonyl (C=O) groups is 1. The van der Waals surface area contributed by atoms with Gasteiger partial charge in [-0.1, -0.05) is 6.92 Å². The molecule has 0 bridgehead atoms. The minimum Gasteiger partial charge on any atom is -0.309 e. The Labute approximate surface area is 69.6 Å². The Morgan fingerprint density at radius 1 is 1.27 bits per heavy atom. The summed E-state index contributed by atoms with van der Waals surface area (Å²) in [6.45, 7) is 3.02. The third kappa shape index (κ3) is 7.53. The Morgan fingerprint density at radius 2 is 1.91 bits per heavy atom. The van der Waals surface area contributed by atoms with E-state index < -0.39 is 0 Å². The molecule has 11 heavy (non-hydrogen) atoms. The van der Waals surface area contributed by atoms with E-state index in [2.05, 4.69) is 19.0 Å². The summed E-state index contributed by atoms with van der Waals surface area (Å²) in [6, 6.07) is 0. The highest BCUT2D eigenvalue weighted by Crippen LogP contribution is 1.99. The van der Waals surface area contributed by atoms with Gasteiger partial charge in [0.05, 0.1) is 0 Å². The maximum absolute atomic E-state index is 10.8. The monoisotopic (exact) mass is 157 g/mol. The van der Waals surface area contributed by atoms with E-state index in [0.29, 0.717) is 12.2 Å². The molecule has 0 aromatic carbocycles. The molecule has 0 amide bonds. The van der Waals surface area contributed by atoms with Crippen molar-refractivity contribution >= 4 is 5.78 Å². The molecule has 0 spiro atoms. The van der Waals surface area contributed by atoms with E-state index in [1.54, 1.807) is 0 Å². The topological polar surface area (TPSA) is 20.3 Å². The standard InChI is InChI=1S/C9H19NO/c1-4-9(11)7-5-6-8-10(2)3/h4-8H2,1-3H3. The molecule has 0 fully saturated rings. The molecule has 0 aliphatic carbocycles. The molecule has 2 heteroatoms. The van der Waals surface area contributed by atoms with Gasteiger partial charge < -0.3 is 4.90 Å². The molecule has 0 atom stereocenters. The van der Waals surface area contributed by atoms with Gasteiger partial charge in [0.15, 0.2) is 0 Å². The highest BCUT2D eigenvalue weighted by atomic mass is 16.1. The third-order valence-corrected chi connectivity index (χ3v) is 1.71. The molecule has 0 heterocycles. The van der Waals surface area contributed by atoms with Crippen molar-refractivity contribution in [3.05, 3.63) is 0 Å². The van der Waals surface area contributed by atoms with E-state index in [1.165, 1.54) is 0 Å². The van der Waals surface area contributed by atoms with E-state index in [-0.39, 0.29) is 0 Å². The van der Waals surface area contributed by atoms with Crippen molar-refractivity contribution in [2.45, 2.75) is 32.6 Å². The van der Waals surface area contributed by atoms with Crippen LogP contribution in [0.15, 0.2) is 0 Å². The number of nitrogens with zero attached hydrogens (tertiary/aromatic N) is 1. The van der Waals surface area contributed by atoms with Gasteiger partial charge in [0.2, 0.25) is 0 Å². The molecule has 0 aliphatic heterocycles. The lowest BCUT2D eigenvalue weighted by Crippen LogP contribution is -2.13. The summed E-state index contributed by atoms with van der Waals surface area (Å²) < 4.78 is 0. The van der Waals surface area contributed by atoms with Gasteiger partial charge in [0, 0.05) is 12.8 Å². The minimum atomic E-state index is 0.392. The highest BCUT2D eigenvalue weighted by Gasteiger charge is 1.97. The Balaban J connectivity index is 3.08. The summed E-state index contributed by atoms with van der Waals surface area (Å²) in [5.41, 5.74) is 0. The molecule has 66 valence electrons. The quantitative estimate of drug-likeness (QED) is 0.547. The van der Waals surface area contributed by atoms with Crippen LogP contribution in [0.25, 0.3) is 0 Å². The lowest BCUT2D eigenvalue weighted by Gasteiger charge is -2.07. The van der Waals surface area contributed by atoms with Crippen LogP contribution in [0.2, 0.25) is 0 Å². The summed E-state index contributed by atoms with van der Waals surface area (Å²) >= 11 is 0. The summed E-state index contributed by atoms with van der Waals surface area (Å²) in [4.78, 5) is 13.0. The molecule has 0 saturated heterocycles. The number of ketones is 1. The molecular formula is C9H19NO. The van der Waals surface area contributed by atoms with Crippen LogP contribution in [-0.2, 0) is 4.79 Å². The van der Waals surface area contributed by atoms with Crippen LogP contribution in [-0.4, -0.2) is 31.3 Å². The predicted octanol–water partition coefficient (Wildman–Crippen LogP) is 1.70. The van der Waals surface area contributed by atoms with Gasteiger partial charge in [0.1, 0.15) is 5.78 Å². The van der Waals surface area contributed by atoms with E-state index in [4.69, 9.17) is 0 Å². The summed E-state index contributed by atoms with van der Waals surface area (Å²) in [5, 5.41) is 0. The van der Waals surface area contributed by atoms with Gasteiger partial charge in [-0.05, 0) is 33.5 Å². The van der Waals surface area contributed by atoms with Gasteiger partial charge in [-0.25, -0.2) is 0 Å². The van der Waals surface area contributed by atoms with Crippen LogP contribution in [0.5, 0.6) is 0 Å². The Bertz CT molecular complexity index is 110. The second kappa shape index (κ2) is 6.35. The molecule has 0 saturated carbocycles. The van der Waals surface area contributed by atoms with Gasteiger partial charge in [0.25, 0.3) is 0 Å². The Kier molecular flexibility index (Phi) is 6.13. The average Bonchev–Trinajstić information content (AvgIpc) is 1.97. The molecule has 0 unspecified atom stereocenters. The first-order valence-corrected chi connectivity index (χ1v) is 4.33. The molecule has 0 radical (unpaired) electrons. The first-order chi connectivity index (χ1) is 5.16. The van der Waals surface area contributed by atoms with Gasteiger partial charge >= 0.3 is 0 Å². The molecule has 0 rings (SSSR count). The zero-order chi connectivity index (χ0) is 8.69. The SMILES string of the molecule is CCC(=O)CCCCN(C)C. The lowest BCUT2D eigenvalue weighted by atomic mass is 10.1. The Morgan fingerprint density at radius 3 is 2.36 bits per heavy atom. The van der Waals surface area contributed by atoms with Crippen molar-refractivity contribution in [3.8, 4) is 0 Å². The van der Waals surface area contributed by atoms with Crippen molar-refractivity contribution in [3.63, 3.8) is 0 Å². The van der Waals surface area contributed by atoms with E-state index in [9.17, 15) is 4.79 Å². The van der Waals surface area contributed by atoms with E-state index in [0.717, 1.165) is 25.8 Å². The molecule has 0 N–H and O–H groups in total. The number of unbranched alkanes of at least 4 members (excludes halogenated alkanes) is 1. The van der Waals surface area contributed by atoms with Gasteiger partial charge in [-0.15, -0.1) is 0 Å². The average molecular weight is 157 g/mol. The summed E-state index contributed by atoms with van der Waals surface area (Å²) in [7, 11) is 4.11. The van der Waals surface area contributed by atoms with Crippen LogP contribution >= 0.6 is 0 Å². The summed E-state index contributed by atoms with van der Waals surface area (Å²) in [6.07, 6.45) is 3.65. The molecular weight excluding hydrogens is 138 g/mol. The first-order valence-electron chi connectivity index (χ1n) is 4.33. The number of hydrogen-bond acceptors (Lipinski definition) is 2. The fraction of sp³-hybridized carbons (Fsp3) is 0.889. The molecule has 2 nitrogen and oxygen atoms in total. The van der Waals surface area contributed by atoms with Crippen LogP contribution in [0.1, 0.15) is 32.6 Å². The third-order valence-electron chi connectivity index (χ3n) is 1.71. The number of hydrogen-bond donors (Lipinski definition) is 0. The van der Waals surface area contributed by atoms with Crippen LogP contribution in [0.3, 0.4) is 0 Å². The lowest BCUT2D eigenvalue weighted by molar-refractivity contribution is -0.118. The van der Waals surface area contributed by atoms with Crippen molar-refractivity contribution in [1.29, 1.82) is 0 Å². The highest BCUT2D eigenvalue weighted by molar-refractivity contribution is 5.77. The number of Topliss-reactive ketones (excluding diaryl/α,β-unsaturated/α-hetero) is 1. The van der Waals surface area contributed by atoms with Crippen LogP contribution < -0.4 is 0 Å². The van der Waals surface area contributed by atoms with Crippen LogP contribution in [0.4, 0.5) is 0 Å². The van der Waals surface area contributed by atoms with Gasteiger partial charge in [-0.3, -0.25) is 4.79 Å². The van der Waals surface area contributed by atoms with Crippen LogP contribution in [0, 0.1) is 0 Å². The second-order valence-corrected chi connectivity index (χ2v) is 3.15. The van der Waals surface area contributed by atoms with Gasteiger partial charge in [-0.2, -0.15) is 0 Å². The molecule has 0 aromatic heterocycles. The normalized spacial score (nSPS) is 10.5. The number of carbonyl (C=O) groups excluding carboxylic acids is 1. The predicted molar refractivity (Wildman–Crippen MR) is 47.7 cm³/mol. The zero-order valence-electron chi connectivity index (χ0n) is 7.89. The smallest absolute Gasteiger partial charge is 0.132 e. The molecule has 0 aliphatic rings. The Hall–Kier alpha value is -0.370. The fourth-order valence-corrected chi connectivity index (χ4v) is 0.927.